The van der Waals surface area contributed by atoms with Gasteiger partial charge in [-0.3, -0.25) is 0 Å². The van der Waals surface area contributed by atoms with E-state index in [1.165, 1.54) is 16.8 Å². The molecule has 0 amide bonds. The van der Waals surface area contributed by atoms with Crippen LogP contribution in [0, 0.1) is 0 Å². The summed E-state index contributed by atoms with van der Waals surface area (Å²) in [5.74, 6) is -0.935. The van der Waals surface area contributed by atoms with Crippen molar-refractivity contribution in [3.05, 3.63) is 59.8 Å². The number of benzene rings is 2. The zero-order chi connectivity index (χ0) is 13.8. The van der Waals surface area contributed by atoms with Gasteiger partial charge in [-0.1, -0.05) is 42.5 Å². The summed E-state index contributed by atoms with van der Waals surface area (Å²) >= 11 is 0. The first kappa shape index (κ1) is 13.1. The molecule has 0 heterocycles. The highest BCUT2D eigenvalue weighted by Crippen LogP contribution is 2.24. The molecule has 2 aromatic carbocycles. The van der Waals surface area contributed by atoms with Crippen molar-refractivity contribution in [1.82, 2.24) is 5.32 Å². The van der Waals surface area contributed by atoms with Crippen molar-refractivity contribution in [3.8, 4) is 0 Å². The van der Waals surface area contributed by atoms with Crippen molar-refractivity contribution < 1.29 is 9.90 Å². The van der Waals surface area contributed by atoms with Gasteiger partial charge in [-0.2, -0.15) is 0 Å². The lowest BCUT2D eigenvalue weighted by Crippen LogP contribution is -2.17. The Labute approximate surface area is 112 Å². The predicted octanol–water partition coefficient (Wildman–Crippen LogP) is 3.48. The van der Waals surface area contributed by atoms with Crippen LogP contribution < -0.4 is 5.32 Å². The zero-order valence-electron chi connectivity index (χ0n) is 11.1. The van der Waals surface area contributed by atoms with Crippen LogP contribution in [0.25, 0.3) is 10.8 Å². The van der Waals surface area contributed by atoms with E-state index in [0.29, 0.717) is 5.70 Å². The molecule has 0 aliphatic rings. The molecule has 0 saturated heterocycles. The molecule has 0 fully saturated rings. The van der Waals surface area contributed by atoms with Crippen LogP contribution in [0.5, 0.6) is 0 Å². The van der Waals surface area contributed by atoms with Gasteiger partial charge in [-0.15, -0.1) is 0 Å². The second-order valence-electron chi connectivity index (χ2n) is 4.60. The highest BCUT2D eigenvalue weighted by molar-refractivity contribution is 5.86. The average Bonchev–Trinajstić information content (AvgIpc) is 2.36. The highest BCUT2D eigenvalue weighted by atomic mass is 16.4. The normalized spacial score (nSPS) is 13.3. The summed E-state index contributed by atoms with van der Waals surface area (Å²) in [7, 11) is 0. The Morgan fingerprint density at radius 2 is 1.89 bits per heavy atom. The number of carboxylic acid groups (broad SMARTS) is 1. The van der Waals surface area contributed by atoms with E-state index in [0.717, 1.165) is 5.56 Å². The number of rotatable bonds is 4. The fourth-order valence-electron chi connectivity index (χ4n) is 2.27. The lowest BCUT2D eigenvalue weighted by Gasteiger charge is -2.17. The van der Waals surface area contributed by atoms with Gasteiger partial charge in [0.05, 0.1) is 0 Å². The minimum atomic E-state index is -0.935. The lowest BCUT2D eigenvalue weighted by molar-refractivity contribution is -0.131. The van der Waals surface area contributed by atoms with Crippen LogP contribution in [0.4, 0.5) is 0 Å². The van der Waals surface area contributed by atoms with E-state index in [9.17, 15) is 4.79 Å². The summed E-state index contributed by atoms with van der Waals surface area (Å²) in [6, 6.07) is 14.4. The average molecular weight is 255 g/mol. The van der Waals surface area contributed by atoms with Crippen LogP contribution >= 0.6 is 0 Å². The van der Waals surface area contributed by atoms with Crippen molar-refractivity contribution in [1.29, 1.82) is 0 Å². The van der Waals surface area contributed by atoms with Crippen LogP contribution in [0.15, 0.2) is 54.2 Å². The molecular weight excluding hydrogens is 238 g/mol. The SMILES string of the molecule is C/C(=C/C(=O)O)N[C@H](C)c1cccc2ccccc12. The Kier molecular flexibility index (Phi) is 3.85. The molecule has 98 valence electrons. The molecule has 2 aromatic rings. The van der Waals surface area contributed by atoms with E-state index in [1.54, 1.807) is 6.92 Å². The quantitative estimate of drug-likeness (QED) is 0.822. The molecule has 1 atom stereocenters. The Hall–Kier alpha value is -2.29. The third-order valence-corrected chi connectivity index (χ3v) is 3.07. The zero-order valence-corrected chi connectivity index (χ0v) is 11.1. The van der Waals surface area contributed by atoms with Crippen molar-refractivity contribution in [2.45, 2.75) is 19.9 Å². The maximum absolute atomic E-state index is 10.6. The molecular formula is C16H17NO2. The summed E-state index contributed by atoms with van der Waals surface area (Å²) in [6.45, 7) is 3.79. The predicted molar refractivity (Wildman–Crippen MR) is 76.9 cm³/mol. The molecule has 0 saturated carbocycles. The first-order chi connectivity index (χ1) is 9.08. The molecule has 3 heteroatoms. The van der Waals surface area contributed by atoms with Gasteiger partial charge < -0.3 is 10.4 Å². The topological polar surface area (TPSA) is 49.3 Å². The van der Waals surface area contributed by atoms with E-state index in [-0.39, 0.29) is 6.04 Å². The van der Waals surface area contributed by atoms with E-state index in [2.05, 4.69) is 29.6 Å². The van der Waals surface area contributed by atoms with Gasteiger partial charge >= 0.3 is 5.97 Å². The Morgan fingerprint density at radius 3 is 2.63 bits per heavy atom. The maximum atomic E-state index is 10.6. The molecule has 2 N–H and O–H groups in total. The van der Waals surface area contributed by atoms with Gasteiger partial charge in [0, 0.05) is 17.8 Å². The summed E-state index contributed by atoms with van der Waals surface area (Å²) in [5.41, 5.74) is 1.81. The second kappa shape index (κ2) is 5.57. The molecule has 0 bridgehead atoms. The fraction of sp³-hybridized carbons (Fsp3) is 0.188. The van der Waals surface area contributed by atoms with Gasteiger partial charge in [-0.05, 0) is 30.2 Å². The molecule has 2 rings (SSSR count). The minimum Gasteiger partial charge on any atom is -0.478 e. The van der Waals surface area contributed by atoms with E-state index < -0.39 is 5.97 Å². The van der Waals surface area contributed by atoms with Crippen LogP contribution in [0.1, 0.15) is 25.5 Å². The molecule has 0 spiro atoms. The van der Waals surface area contributed by atoms with Gasteiger partial charge in [0.2, 0.25) is 0 Å². The molecule has 19 heavy (non-hydrogen) atoms. The lowest BCUT2D eigenvalue weighted by atomic mass is 9.99. The molecule has 0 aromatic heterocycles. The van der Waals surface area contributed by atoms with Crippen molar-refractivity contribution in [3.63, 3.8) is 0 Å². The Bertz CT molecular complexity index is 626. The van der Waals surface area contributed by atoms with Gasteiger partial charge in [-0.25, -0.2) is 4.79 Å². The van der Waals surface area contributed by atoms with E-state index in [1.807, 2.05) is 25.1 Å². The first-order valence-electron chi connectivity index (χ1n) is 6.23. The summed E-state index contributed by atoms with van der Waals surface area (Å²) in [5, 5.41) is 14.3. The van der Waals surface area contributed by atoms with Crippen LogP contribution in [0.2, 0.25) is 0 Å². The molecule has 0 unspecified atom stereocenters. The minimum absolute atomic E-state index is 0.0571. The smallest absolute Gasteiger partial charge is 0.330 e. The molecule has 0 aliphatic heterocycles. The first-order valence-corrected chi connectivity index (χ1v) is 6.23. The summed E-state index contributed by atoms with van der Waals surface area (Å²) in [6.07, 6.45) is 1.18. The maximum Gasteiger partial charge on any atom is 0.330 e. The van der Waals surface area contributed by atoms with Crippen molar-refractivity contribution >= 4 is 16.7 Å². The van der Waals surface area contributed by atoms with Gasteiger partial charge in [0.1, 0.15) is 0 Å². The third-order valence-electron chi connectivity index (χ3n) is 3.07. The van der Waals surface area contributed by atoms with Crippen molar-refractivity contribution in [2.24, 2.45) is 0 Å². The van der Waals surface area contributed by atoms with E-state index >= 15 is 0 Å². The standard InChI is InChI=1S/C16H17NO2/c1-11(10-16(18)19)17-12(2)14-9-5-7-13-6-3-4-8-15(13)14/h3-10,12,17H,1-2H3,(H,18,19)/b11-10-/t12-/m1/s1. The number of aliphatic carboxylic acids is 1. The second-order valence-corrected chi connectivity index (χ2v) is 4.60. The number of hydrogen-bond donors (Lipinski definition) is 2. The van der Waals surface area contributed by atoms with Crippen LogP contribution in [0.3, 0.4) is 0 Å². The molecule has 0 aliphatic carbocycles. The third kappa shape index (κ3) is 3.13. The van der Waals surface area contributed by atoms with Crippen LogP contribution in [-0.4, -0.2) is 11.1 Å². The highest BCUT2D eigenvalue weighted by Gasteiger charge is 2.09. The number of nitrogens with one attached hydrogen (secondary N) is 1. The fourth-order valence-corrected chi connectivity index (χ4v) is 2.27. The molecule has 3 nitrogen and oxygen atoms in total. The summed E-state index contributed by atoms with van der Waals surface area (Å²) in [4.78, 5) is 10.6. The largest absolute Gasteiger partial charge is 0.478 e. The molecule has 0 radical (unpaired) electrons. The number of allylic oxidation sites excluding steroid dienone is 1. The van der Waals surface area contributed by atoms with Gasteiger partial charge in [0.15, 0.2) is 0 Å². The van der Waals surface area contributed by atoms with E-state index in [4.69, 9.17) is 5.11 Å². The Balaban J connectivity index is 2.31. The number of carbonyl (C=O) groups is 1. The van der Waals surface area contributed by atoms with Crippen LogP contribution in [-0.2, 0) is 4.79 Å². The summed E-state index contributed by atoms with van der Waals surface area (Å²) < 4.78 is 0. The van der Waals surface area contributed by atoms with Gasteiger partial charge in [0.25, 0.3) is 0 Å². The Morgan fingerprint density at radius 1 is 1.21 bits per heavy atom. The number of fused-ring (bicyclic) bond motifs is 1. The number of hydrogen-bond acceptors (Lipinski definition) is 2. The number of carboxylic acids is 1. The van der Waals surface area contributed by atoms with Crippen molar-refractivity contribution in [2.75, 3.05) is 0 Å². The monoisotopic (exact) mass is 255 g/mol.